The number of halogens is 1. The van der Waals surface area contributed by atoms with E-state index in [4.69, 9.17) is 15.2 Å². The highest BCUT2D eigenvalue weighted by atomic mass is 19.1. The number of hydrogen-bond donors (Lipinski definition) is 1. The van der Waals surface area contributed by atoms with Gasteiger partial charge in [-0.3, -0.25) is 0 Å². The maximum Gasteiger partial charge on any atom is 0.282 e. The summed E-state index contributed by atoms with van der Waals surface area (Å²) in [5.41, 5.74) is 6.44. The number of nitrogens with two attached hydrogens (primary N) is 1. The zero-order chi connectivity index (χ0) is 12.3. The molecule has 0 aromatic heterocycles. The third-order valence-corrected chi connectivity index (χ3v) is 2.72. The van der Waals surface area contributed by atoms with Crippen molar-refractivity contribution in [2.45, 2.75) is 18.9 Å². The van der Waals surface area contributed by atoms with Gasteiger partial charge in [0.2, 0.25) is 0 Å². The van der Waals surface area contributed by atoms with Crippen LogP contribution in [0.25, 0.3) is 0 Å². The van der Waals surface area contributed by atoms with Gasteiger partial charge in [0.15, 0.2) is 11.6 Å². The average molecular weight is 238 g/mol. The second-order valence-corrected chi connectivity index (χ2v) is 3.94. The third kappa shape index (κ3) is 2.87. The highest BCUT2D eigenvalue weighted by molar-refractivity contribution is 5.72. The molecule has 1 aromatic carbocycles. The van der Waals surface area contributed by atoms with E-state index in [0.29, 0.717) is 6.61 Å². The van der Waals surface area contributed by atoms with Crippen molar-refractivity contribution in [2.75, 3.05) is 13.7 Å². The molecule has 2 rings (SSSR count). The molecule has 92 valence electrons. The minimum Gasteiger partial charge on any atom is -0.494 e. The highest BCUT2D eigenvalue weighted by Crippen LogP contribution is 2.20. The summed E-state index contributed by atoms with van der Waals surface area (Å²) in [4.78, 5) is 4.13. The minimum atomic E-state index is -0.345. The third-order valence-electron chi connectivity index (χ3n) is 2.72. The molecule has 1 atom stereocenters. The van der Waals surface area contributed by atoms with Crippen molar-refractivity contribution in [3.63, 3.8) is 0 Å². The molecule has 1 heterocycles. The summed E-state index contributed by atoms with van der Waals surface area (Å²) < 4.78 is 23.2. The predicted molar refractivity (Wildman–Crippen MR) is 62.6 cm³/mol. The molecule has 0 radical (unpaired) electrons. The van der Waals surface area contributed by atoms with Crippen molar-refractivity contribution in [1.82, 2.24) is 0 Å². The maximum absolute atomic E-state index is 13.2. The lowest BCUT2D eigenvalue weighted by molar-refractivity contribution is 0.308. The predicted octanol–water partition coefficient (Wildman–Crippen LogP) is 1.48. The lowest BCUT2D eigenvalue weighted by Gasteiger charge is -2.07. The van der Waals surface area contributed by atoms with Gasteiger partial charge in [0.05, 0.1) is 13.2 Å². The van der Waals surface area contributed by atoms with Crippen molar-refractivity contribution in [3.05, 3.63) is 29.6 Å². The Bertz CT molecular complexity index is 435. The van der Waals surface area contributed by atoms with Crippen LogP contribution in [0.3, 0.4) is 0 Å². The number of rotatable bonds is 4. The van der Waals surface area contributed by atoms with Gasteiger partial charge in [-0.15, -0.1) is 0 Å². The molecule has 0 bridgehead atoms. The average Bonchev–Trinajstić information content (AvgIpc) is 2.74. The Kier molecular flexibility index (Phi) is 3.46. The van der Waals surface area contributed by atoms with Crippen molar-refractivity contribution < 1.29 is 13.9 Å². The van der Waals surface area contributed by atoms with Crippen LogP contribution in [0.2, 0.25) is 0 Å². The van der Waals surface area contributed by atoms with Gasteiger partial charge in [0, 0.05) is 0 Å². The van der Waals surface area contributed by atoms with E-state index in [0.717, 1.165) is 18.4 Å². The molecular weight excluding hydrogens is 223 g/mol. The van der Waals surface area contributed by atoms with E-state index in [1.165, 1.54) is 13.2 Å². The SMILES string of the molecule is COc1cc(CCC2COC(N)=N2)ccc1F. The lowest BCUT2D eigenvalue weighted by atomic mass is 10.1. The normalized spacial score (nSPS) is 18.7. The van der Waals surface area contributed by atoms with Crippen LogP contribution < -0.4 is 10.5 Å². The maximum atomic E-state index is 13.2. The zero-order valence-corrected chi connectivity index (χ0v) is 9.65. The molecule has 0 amide bonds. The number of benzene rings is 1. The smallest absolute Gasteiger partial charge is 0.282 e. The Morgan fingerprint density at radius 1 is 1.59 bits per heavy atom. The van der Waals surface area contributed by atoms with Gasteiger partial charge in [0.1, 0.15) is 6.61 Å². The van der Waals surface area contributed by atoms with E-state index < -0.39 is 0 Å². The number of methoxy groups -OCH3 is 1. The summed E-state index contributed by atoms with van der Waals surface area (Å²) in [5, 5.41) is 0. The number of amidine groups is 1. The van der Waals surface area contributed by atoms with Gasteiger partial charge in [-0.1, -0.05) is 6.07 Å². The van der Waals surface area contributed by atoms with E-state index in [1.54, 1.807) is 12.1 Å². The Morgan fingerprint density at radius 3 is 3.06 bits per heavy atom. The second-order valence-electron chi connectivity index (χ2n) is 3.94. The molecule has 0 spiro atoms. The topological polar surface area (TPSA) is 56.8 Å². The molecular formula is C12H15FN2O2. The Hall–Kier alpha value is -1.78. The van der Waals surface area contributed by atoms with Gasteiger partial charge >= 0.3 is 0 Å². The van der Waals surface area contributed by atoms with E-state index in [-0.39, 0.29) is 23.6 Å². The van der Waals surface area contributed by atoms with E-state index in [1.807, 2.05) is 0 Å². The number of aryl methyl sites for hydroxylation is 1. The fourth-order valence-electron chi connectivity index (χ4n) is 1.78. The molecule has 0 aliphatic carbocycles. The molecule has 2 N–H and O–H groups in total. The first-order valence-electron chi connectivity index (χ1n) is 5.47. The van der Waals surface area contributed by atoms with Crippen molar-refractivity contribution in [2.24, 2.45) is 10.7 Å². The Balaban J connectivity index is 1.95. The molecule has 1 aromatic rings. The minimum absolute atomic E-state index is 0.103. The van der Waals surface area contributed by atoms with Crippen molar-refractivity contribution in [1.29, 1.82) is 0 Å². The van der Waals surface area contributed by atoms with Gasteiger partial charge in [-0.25, -0.2) is 9.38 Å². The molecule has 1 aliphatic heterocycles. The zero-order valence-electron chi connectivity index (χ0n) is 9.65. The van der Waals surface area contributed by atoms with Crippen LogP contribution in [0.15, 0.2) is 23.2 Å². The van der Waals surface area contributed by atoms with Crippen LogP contribution in [-0.2, 0) is 11.2 Å². The fourth-order valence-corrected chi connectivity index (χ4v) is 1.78. The van der Waals surface area contributed by atoms with E-state index >= 15 is 0 Å². The second kappa shape index (κ2) is 5.03. The molecule has 1 aliphatic rings. The number of nitrogens with zero attached hydrogens (tertiary/aromatic N) is 1. The van der Waals surface area contributed by atoms with Gasteiger partial charge < -0.3 is 15.2 Å². The highest BCUT2D eigenvalue weighted by Gasteiger charge is 2.16. The van der Waals surface area contributed by atoms with Crippen LogP contribution in [0.1, 0.15) is 12.0 Å². The molecule has 4 nitrogen and oxygen atoms in total. The molecule has 1 unspecified atom stereocenters. The summed E-state index contributed by atoms with van der Waals surface area (Å²) in [5.74, 6) is -0.0732. The van der Waals surface area contributed by atoms with Crippen LogP contribution >= 0.6 is 0 Å². The molecule has 0 saturated heterocycles. The molecule has 5 heteroatoms. The summed E-state index contributed by atoms with van der Waals surface area (Å²) in [7, 11) is 1.46. The first kappa shape index (κ1) is 11.7. The summed E-state index contributed by atoms with van der Waals surface area (Å²) in [6, 6.07) is 5.23. The Labute approximate surface area is 99.2 Å². The largest absolute Gasteiger partial charge is 0.494 e. The quantitative estimate of drug-likeness (QED) is 0.864. The van der Waals surface area contributed by atoms with E-state index in [2.05, 4.69) is 4.99 Å². The van der Waals surface area contributed by atoms with Gasteiger partial charge in [-0.05, 0) is 30.5 Å². The Morgan fingerprint density at radius 2 is 2.41 bits per heavy atom. The van der Waals surface area contributed by atoms with Crippen LogP contribution in [0, 0.1) is 5.82 Å². The number of aliphatic imine (C=N–C) groups is 1. The fraction of sp³-hybridized carbons (Fsp3) is 0.417. The summed E-state index contributed by atoms with van der Waals surface area (Å²) in [6.45, 7) is 0.532. The number of ether oxygens (including phenoxy) is 2. The van der Waals surface area contributed by atoms with Crippen LogP contribution in [-0.4, -0.2) is 25.8 Å². The molecule has 0 fully saturated rings. The monoisotopic (exact) mass is 238 g/mol. The van der Waals surface area contributed by atoms with Gasteiger partial charge in [-0.2, -0.15) is 0 Å². The van der Waals surface area contributed by atoms with E-state index in [9.17, 15) is 4.39 Å². The summed E-state index contributed by atoms with van der Waals surface area (Å²) >= 11 is 0. The standard InChI is InChI=1S/C12H15FN2O2/c1-16-11-6-8(3-5-10(11)13)2-4-9-7-17-12(14)15-9/h3,5-6,9H,2,4,7H2,1H3,(H2,14,15). The number of hydrogen-bond acceptors (Lipinski definition) is 4. The van der Waals surface area contributed by atoms with Crippen molar-refractivity contribution >= 4 is 6.02 Å². The molecule has 0 saturated carbocycles. The van der Waals surface area contributed by atoms with Crippen molar-refractivity contribution in [3.8, 4) is 5.75 Å². The van der Waals surface area contributed by atoms with Crippen LogP contribution in [0.5, 0.6) is 5.75 Å². The molecule has 17 heavy (non-hydrogen) atoms. The first-order chi connectivity index (χ1) is 8.19. The lowest BCUT2D eigenvalue weighted by Crippen LogP contribution is -2.10. The summed E-state index contributed by atoms with van der Waals surface area (Å²) in [6.07, 6.45) is 1.62. The van der Waals surface area contributed by atoms with Crippen LogP contribution in [0.4, 0.5) is 4.39 Å². The first-order valence-corrected chi connectivity index (χ1v) is 5.47. The van der Waals surface area contributed by atoms with Gasteiger partial charge in [0.25, 0.3) is 6.02 Å².